The highest BCUT2D eigenvalue weighted by atomic mass is 32.2. The molecule has 0 unspecified atom stereocenters. The van der Waals surface area contributed by atoms with Gasteiger partial charge in [-0.05, 0) is 35.6 Å². The SMILES string of the molecule is CCS[C@@]1(C(=O)O)C[C@@H](C(C)(C)C)CN(Cc2cnc(-c3cccnc3OC(F)F)s2)C1. The van der Waals surface area contributed by atoms with Crippen LogP contribution in [0.2, 0.25) is 0 Å². The number of aromatic nitrogens is 2. The standard InChI is InChI=1S/C22H29F2N3O3S2/c1-5-31-22(19(28)29)9-14(21(2,3)4)11-27(13-22)12-15-10-26-18(32-15)16-7-6-8-25-17(16)30-20(23)24/h6-8,10,14,20H,5,9,11-13H2,1-4H3,(H,28,29)/t14-,22+/m1/s1. The molecule has 0 aromatic carbocycles. The van der Waals surface area contributed by atoms with Gasteiger partial charge >= 0.3 is 12.6 Å². The van der Waals surface area contributed by atoms with Gasteiger partial charge in [-0.2, -0.15) is 8.78 Å². The minimum atomic E-state index is -2.97. The largest absolute Gasteiger partial charge is 0.480 e. The van der Waals surface area contributed by atoms with E-state index in [1.165, 1.54) is 29.3 Å². The van der Waals surface area contributed by atoms with E-state index in [-0.39, 0.29) is 17.2 Å². The van der Waals surface area contributed by atoms with E-state index in [4.69, 9.17) is 0 Å². The molecule has 2 atom stereocenters. The molecular weight excluding hydrogens is 456 g/mol. The van der Waals surface area contributed by atoms with Crippen molar-refractivity contribution in [1.82, 2.24) is 14.9 Å². The maximum absolute atomic E-state index is 12.7. The molecule has 2 aromatic heterocycles. The third-order valence-electron chi connectivity index (χ3n) is 5.70. The second-order valence-electron chi connectivity index (χ2n) is 9.04. The van der Waals surface area contributed by atoms with Crippen LogP contribution in [-0.4, -0.2) is 56.1 Å². The van der Waals surface area contributed by atoms with Crippen LogP contribution in [0.15, 0.2) is 24.5 Å². The smallest absolute Gasteiger partial charge is 0.388 e. The zero-order chi connectivity index (χ0) is 23.5. The van der Waals surface area contributed by atoms with Crippen LogP contribution in [0.5, 0.6) is 5.88 Å². The Bertz CT molecular complexity index is 935. The van der Waals surface area contributed by atoms with Crippen molar-refractivity contribution in [2.75, 3.05) is 18.8 Å². The lowest BCUT2D eigenvalue weighted by molar-refractivity contribution is -0.142. The number of halogens is 2. The highest BCUT2D eigenvalue weighted by Crippen LogP contribution is 2.44. The number of pyridine rings is 1. The van der Waals surface area contributed by atoms with E-state index in [2.05, 4.69) is 40.4 Å². The van der Waals surface area contributed by atoms with E-state index < -0.39 is 17.3 Å². The molecule has 1 N–H and O–H groups in total. The second-order valence-corrected chi connectivity index (χ2v) is 11.8. The Morgan fingerprint density at radius 1 is 1.44 bits per heavy atom. The Hall–Kier alpha value is -1.78. The van der Waals surface area contributed by atoms with E-state index >= 15 is 0 Å². The average molecular weight is 486 g/mol. The van der Waals surface area contributed by atoms with Crippen molar-refractivity contribution in [3.63, 3.8) is 0 Å². The number of nitrogens with zero attached hydrogens (tertiary/aromatic N) is 3. The van der Waals surface area contributed by atoms with Gasteiger partial charge in [0.1, 0.15) is 9.75 Å². The molecule has 0 saturated carbocycles. The second kappa shape index (κ2) is 10.0. The van der Waals surface area contributed by atoms with Gasteiger partial charge in [0.05, 0.1) is 5.56 Å². The van der Waals surface area contributed by atoms with Crippen LogP contribution in [0.25, 0.3) is 10.6 Å². The quantitative estimate of drug-likeness (QED) is 0.547. The Balaban J connectivity index is 1.84. The molecule has 0 amide bonds. The van der Waals surface area contributed by atoms with Gasteiger partial charge in [-0.1, -0.05) is 27.7 Å². The zero-order valence-electron chi connectivity index (χ0n) is 18.7. The van der Waals surface area contributed by atoms with Crippen LogP contribution in [-0.2, 0) is 11.3 Å². The number of thioether (sulfide) groups is 1. The summed E-state index contributed by atoms with van der Waals surface area (Å²) < 4.78 is 29.1. The number of rotatable bonds is 8. The lowest BCUT2D eigenvalue weighted by Crippen LogP contribution is -2.56. The molecule has 0 spiro atoms. The molecule has 0 aliphatic carbocycles. The molecule has 2 aromatic rings. The number of carboxylic acid groups (broad SMARTS) is 1. The Morgan fingerprint density at radius 2 is 2.19 bits per heavy atom. The summed E-state index contributed by atoms with van der Waals surface area (Å²) in [6.45, 7) is 7.28. The molecule has 1 fully saturated rings. The van der Waals surface area contributed by atoms with Crippen molar-refractivity contribution in [2.45, 2.75) is 52.0 Å². The third kappa shape index (κ3) is 5.77. The van der Waals surface area contributed by atoms with Crippen LogP contribution in [0.3, 0.4) is 0 Å². The van der Waals surface area contributed by atoms with Gasteiger partial charge in [-0.3, -0.25) is 9.69 Å². The summed E-state index contributed by atoms with van der Waals surface area (Å²) >= 11 is 2.88. The summed E-state index contributed by atoms with van der Waals surface area (Å²) in [6, 6.07) is 3.30. The maximum Gasteiger partial charge on any atom is 0.388 e. The molecule has 0 radical (unpaired) electrons. The summed E-state index contributed by atoms with van der Waals surface area (Å²) in [4.78, 5) is 23.7. The first kappa shape index (κ1) is 24.9. The fraction of sp³-hybridized carbons (Fsp3) is 0.591. The van der Waals surface area contributed by atoms with Gasteiger partial charge in [0.25, 0.3) is 0 Å². The highest BCUT2D eigenvalue weighted by molar-refractivity contribution is 8.01. The summed E-state index contributed by atoms with van der Waals surface area (Å²) in [5.41, 5.74) is 0.390. The molecule has 0 bridgehead atoms. The minimum absolute atomic E-state index is 0.0241. The van der Waals surface area contributed by atoms with Crippen molar-refractivity contribution >= 4 is 29.1 Å². The van der Waals surface area contributed by atoms with Crippen LogP contribution < -0.4 is 4.74 Å². The van der Waals surface area contributed by atoms with Crippen molar-refractivity contribution in [3.05, 3.63) is 29.4 Å². The van der Waals surface area contributed by atoms with E-state index in [1.54, 1.807) is 18.3 Å². The number of piperidine rings is 1. The number of thiazole rings is 1. The summed E-state index contributed by atoms with van der Waals surface area (Å²) in [6.07, 6.45) is 3.75. The number of ether oxygens (including phenoxy) is 1. The van der Waals surface area contributed by atoms with E-state index in [0.29, 0.717) is 30.1 Å². The number of hydrogen-bond donors (Lipinski definition) is 1. The van der Waals surface area contributed by atoms with Gasteiger partial charge < -0.3 is 9.84 Å². The van der Waals surface area contributed by atoms with E-state index in [1.807, 2.05) is 6.92 Å². The summed E-state index contributed by atoms with van der Waals surface area (Å²) in [5, 5.41) is 10.6. The zero-order valence-corrected chi connectivity index (χ0v) is 20.3. The number of likely N-dealkylation sites (tertiary alicyclic amines) is 1. The van der Waals surface area contributed by atoms with E-state index in [0.717, 1.165) is 17.2 Å². The van der Waals surface area contributed by atoms with Crippen molar-refractivity contribution in [2.24, 2.45) is 11.3 Å². The van der Waals surface area contributed by atoms with Crippen molar-refractivity contribution < 1.29 is 23.4 Å². The van der Waals surface area contributed by atoms with Crippen LogP contribution >= 0.6 is 23.1 Å². The highest BCUT2D eigenvalue weighted by Gasteiger charge is 2.48. The van der Waals surface area contributed by atoms with Gasteiger partial charge in [0.15, 0.2) is 0 Å². The molecule has 3 heterocycles. The van der Waals surface area contributed by atoms with Crippen LogP contribution in [0, 0.1) is 11.3 Å². The van der Waals surface area contributed by atoms with Crippen molar-refractivity contribution in [3.8, 4) is 16.5 Å². The number of carbonyl (C=O) groups is 1. The predicted octanol–water partition coefficient (Wildman–Crippen LogP) is 5.25. The van der Waals surface area contributed by atoms with Gasteiger partial charge in [-0.25, -0.2) is 9.97 Å². The Labute approximate surface area is 195 Å². The number of alkyl halides is 2. The van der Waals surface area contributed by atoms with Gasteiger partial charge in [0, 0.05) is 36.9 Å². The number of carboxylic acids is 1. The molecule has 1 saturated heterocycles. The maximum atomic E-state index is 12.7. The molecular formula is C22H29F2N3O3S2. The monoisotopic (exact) mass is 485 g/mol. The molecule has 1 aliphatic heterocycles. The molecule has 176 valence electrons. The average Bonchev–Trinajstić information content (AvgIpc) is 3.15. The summed E-state index contributed by atoms with van der Waals surface area (Å²) in [7, 11) is 0. The summed E-state index contributed by atoms with van der Waals surface area (Å²) in [5.74, 6) is 0.0364. The normalized spacial score (nSPS) is 22.3. The van der Waals surface area contributed by atoms with Crippen molar-refractivity contribution in [1.29, 1.82) is 0 Å². The first-order chi connectivity index (χ1) is 15.0. The first-order valence-corrected chi connectivity index (χ1v) is 12.3. The molecule has 1 aliphatic rings. The molecule has 6 nitrogen and oxygen atoms in total. The predicted molar refractivity (Wildman–Crippen MR) is 123 cm³/mol. The Kier molecular flexibility index (Phi) is 7.77. The van der Waals surface area contributed by atoms with Crippen LogP contribution in [0.1, 0.15) is 39.0 Å². The fourth-order valence-electron chi connectivity index (χ4n) is 4.02. The van der Waals surface area contributed by atoms with Gasteiger partial charge in [0.2, 0.25) is 5.88 Å². The Morgan fingerprint density at radius 3 is 2.81 bits per heavy atom. The van der Waals surface area contributed by atoms with Crippen LogP contribution in [0.4, 0.5) is 8.78 Å². The molecule has 32 heavy (non-hydrogen) atoms. The lowest BCUT2D eigenvalue weighted by atomic mass is 9.73. The first-order valence-electron chi connectivity index (χ1n) is 10.5. The van der Waals surface area contributed by atoms with Gasteiger partial charge in [-0.15, -0.1) is 23.1 Å². The van der Waals surface area contributed by atoms with E-state index in [9.17, 15) is 18.7 Å². The topological polar surface area (TPSA) is 75.5 Å². The minimum Gasteiger partial charge on any atom is -0.480 e. The fourth-order valence-corrected chi connectivity index (χ4v) is 6.26. The number of hydrogen-bond acceptors (Lipinski definition) is 7. The third-order valence-corrected chi connectivity index (χ3v) is 8.03. The molecule has 3 rings (SSSR count). The lowest BCUT2D eigenvalue weighted by Gasteiger charge is -2.47. The molecule has 10 heteroatoms. The number of aliphatic carboxylic acids is 1.